The van der Waals surface area contributed by atoms with Gasteiger partial charge >= 0.3 is 5.97 Å². The highest BCUT2D eigenvalue weighted by Gasteiger charge is 2.66. The number of hydrogen-bond donors (Lipinski definition) is 0. The first kappa shape index (κ1) is 17.5. The molecule has 0 saturated heterocycles. The minimum absolute atomic E-state index is 0.0115. The highest BCUT2D eigenvalue weighted by Crippen LogP contribution is 2.68. The van der Waals surface area contributed by atoms with Crippen molar-refractivity contribution >= 4 is 11.7 Å². The number of ether oxygens (including phenoxy) is 1. The minimum atomic E-state index is -0.458. The molecule has 26 heavy (non-hydrogen) atoms. The van der Waals surface area contributed by atoms with Crippen LogP contribution in [0.1, 0.15) is 63.2 Å². The average molecular weight is 357 g/mol. The number of carbonyl (C=O) groups is 1. The van der Waals surface area contributed by atoms with Crippen LogP contribution in [0.15, 0.2) is 24.3 Å². The molecule has 5 unspecified atom stereocenters. The van der Waals surface area contributed by atoms with Crippen LogP contribution in [0.5, 0.6) is 0 Å². The Kier molecular flexibility index (Phi) is 3.90. The quantitative estimate of drug-likeness (QED) is 0.434. The summed E-state index contributed by atoms with van der Waals surface area (Å²) in [6.07, 6.45) is 5.92. The lowest BCUT2D eigenvalue weighted by Crippen LogP contribution is -2.41. The number of non-ortho nitro benzene ring substituents is 1. The van der Waals surface area contributed by atoms with Gasteiger partial charge in [-0.3, -0.25) is 10.1 Å². The van der Waals surface area contributed by atoms with Gasteiger partial charge in [0.2, 0.25) is 0 Å². The molecule has 4 bridgehead atoms. The van der Waals surface area contributed by atoms with Gasteiger partial charge in [0.15, 0.2) is 0 Å². The van der Waals surface area contributed by atoms with Crippen LogP contribution in [0.4, 0.5) is 5.69 Å². The van der Waals surface area contributed by atoms with Gasteiger partial charge in [-0.1, -0.05) is 27.2 Å². The van der Waals surface area contributed by atoms with Crippen molar-refractivity contribution in [2.45, 2.75) is 59.0 Å². The molecule has 0 aromatic heterocycles. The molecule has 1 aromatic rings. The Balaban J connectivity index is 1.58. The molecule has 5 heteroatoms. The first-order valence-electron chi connectivity index (χ1n) is 9.69. The molecular weight excluding hydrogens is 330 g/mol. The molecule has 0 spiro atoms. The normalized spacial score (nSPS) is 37.2. The second-order valence-electron chi connectivity index (χ2n) is 9.35. The van der Waals surface area contributed by atoms with E-state index in [1.807, 2.05) is 0 Å². The summed E-state index contributed by atoms with van der Waals surface area (Å²) < 4.78 is 6.09. The van der Waals surface area contributed by atoms with E-state index >= 15 is 0 Å². The summed E-state index contributed by atoms with van der Waals surface area (Å²) in [5.41, 5.74) is 0.756. The molecule has 0 radical (unpaired) electrons. The third kappa shape index (κ3) is 2.47. The molecule has 0 amide bonds. The molecule has 0 aliphatic heterocycles. The standard InChI is InChI=1S/C21H27NO4/c1-20(2)11-4-12-21(3)16-10-9-15(17(16)20)18(21)26-19(23)13-5-7-14(8-6-13)22(24)25/h5-8,15-18H,4,9-12H2,1-3H3. The molecule has 3 saturated carbocycles. The van der Waals surface area contributed by atoms with Crippen molar-refractivity contribution in [2.75, 3.05) is 0 Å². The number of nitrogens with zero attached hydrogens (tertiary/aromatic N) is 1. The zero-order valence-electron chi connectivity index (χ0n) is 15.7. The van der Waals surface area contributed by atoms with Gasteiger partial charge in [0.1, 0.15) is 6.10 Å². The Bertz CT molecular complexity index is 741. The van der Waals surface area contributed by atoms with Gasteiger partial charge in [0.25, 0.3) is 5.69 Å². The number of nitro groups is 1. The summed E-state index contributed by atoms with van der Waals surface area (Å²) in [6, 6.07) is 5.73. The van der Waals surface area contributed by atoms with Crippen molar-refractivity contribution < 1.29 is 14.5 Å². The van der Waals surface area contributed by atoms with E-state index in [2.05, 4.69) is 20.8 Å². The SMILES string of the molecule is CC1(C)CCCC2(C)C3CCC(C31)C2OC(=O)c1ccc([N+](=O)[O-])cc1. The fourth-order valence-electron chi connectivity index (χ4n) is 6.48. The largest absolute Gasteiger partial charge is 0.458 e. The monoisotopic (exact) mass is 357 g/mol. The highest BCUT2D eigenvalue weighted by molar-refractivity contribution is 5.89. The van der Waals surface area contributed by atoms with Gasteiger partial charge in [0, 0.05) is 23.5 Å². The first-order valence-corrected chi connectivity index (χ1v) is 9.69. The Morgan fingerprint density at radius 3 is 2.50 bits per heavy atom. The minimum Gasteiger partial charge on any atom is -0.458 e. The third-order valence-corrected chi connectivity index (χ3v) is 7.58. The van der Waals surface area contributed by atoms with E-state index in [0.29, 0.717) is 28.7 Å². The van der Waals surface area contributed by atoms with E-state index in [9.17, 15) is 14.9 Å². The van der Waals surface area contributed by atoms with Crippen LogP contribution in [0.2, 0.25) is 0 Å². The van der Waals surface area contributed by atoms with E-state index in [0.717, 1.165) is 12.8 Å². The van der Waals surface area contributed by atoms with Gasteiger partial charge in [0.05, 0.1) is 10.5 Å². The van der Waals surface area contributed by atoms with Gasteiger partial charge < -0.3 is 4.74 Å². The predicted octanol–water partition coefficient (Wildman–Crippen LogP) is 4.99. The van der Waals surface area contributed by atoms with Crippen molar-refractivity contribution in [3.8, 4) is 0 Å². The van der Waals surface area contributed by atoms with E-state index < -0.39 is 4.92 Å². The molecule has 140 valence electrons. The number of rotatable bonds is 3. The van der Waals surface area contributed by atoms with Gasteiger partial charge in [-0.15, -0.1) is 0 Å². The molecule has 4 rings (SSSR count). The van der Waals surface area contributed by atoms with Crippen LogP contribution in [0.3, 0.4) is 0 Å². The van der Waals surface area contributed by atoms with Crippen LogP contribution in [0, 0.1) is 38.7 Å². The summed E-state index contributed by atoms with van der Waals surface area (Å²) >= 11 is 0. The zero-order chi connectivity index (χ0) is 18.7. The van der Waals surface area contributed by atoms with E-state index in [-0.39, 0.29) is 23.2 Å². The second-order valence-corrected chi connectivity index (χ2v) is 9.35. The summed E-state index contributed by atoms with van der Waals surface area (Å²) in [5.74, 6) is 1.37. The summed E-state index contributed by atoms with van der Waals surface area (Å²) in [5, 5.41) is 10.8. The number of hydrogen-bond acceptors (Lipinski definition) is 4. The molecular formula is C21H27NO4. The predicted molar refractivity (Wildman–Crippen MR) is 97.7 cm³/mol. The van der Waals surface area contributed by atoms with Crippen LogP contribution in [-0.2, 0) is 4.74 Å². The van der Waals surface area contributed by atoms with Crippen LogP contribution >= 0.6 is 0 Å². The summed E-state index contributed by atoms with van der Waals surface area (Å²) in [6.45, 7) is 7.09. The van der Waals surface area contributed by atoms with Crippen molar-refractivity contribution in [3.63, 3.8) is 0 Å². The van der Waals surface area contributed by atoms with Crippen LogP contribution in [-0.4, -0.2) is 17.0 Å². The summed E-state index contributed by atoms with van der Waals surface area (Å²) in [7, 11) is 0. The van der Waals surface area contributed by atoms with Gasteiger partial charge in [-0.05, 0) is 55.1 Å². The van der Waals surface area contributed by atoms with Crippen LogP contribution < -0.4 is 0 Å². The second kappa shape index (κ2) is 5.80. The number of esters is 1. The molecule has 3 aliphatic rings. The Hall–Kier alpha value is -1.91. The molecule has 1 aromatic carbocycles. The third-order valence-electron chi connectivity index (χ3n) is 7.58. The zero-order valence-corrected chi connectivity index (χ0v) is 15.7. The smallest absolute Gasteiger partial charge is 0.338 e. The Morgan fingerprint density at radius 2 is 1.85 bits per heavy atom. The van der Waals surface area contributed by atoms with Crippen molar-refractivity contribution in [1.82, 2.24) is 0 Å². The molecule has 0 heterocycles. The van der Waals surface area contributed by atoms with E-state index in [1.165, 1.54) is 43.5 Å². The first-order chi connectivity index (χ1) is 12.2. The lowest BCUT2D eigenvalue weighted by Gasteiger charge is -2.40. The lowest BCUT2D eigenvalue weighted by atomic mass is 9.70. The van der Waals surface area contributed by atoms with E-state index in [4.69, 9.17) is 4.74 Å². The van der Waals surface area contributed by atoms with E-state index in [1.54, 1.807) is 0 Å². The Morgan fingerprint density at radius 1 is 1.15 bits per heavy atom. The molecule has 3 aliphatic carbocycles. The van der Waals surface area contributed by atoms with Crippen molar-refractivity contribution in [2.24, 2.45) is 28.6 Å². The van der Waals surface area contributed by atoms with Crippen molar-refractivity contribution in [1.29, 1.82) is 0 Å². The summed E-state index contributed by atoms with van der Waals surface area (Å²) in [4.78, 5) is 23.1. The molecule has 0 N–H and O–H groups in total. The fourth-order valence-corrected chi connectivity index (χ4v) is 6.48. The number of nitro benzene ring substituents is 1. The maximum atomic E-state index is 12.7. The number of carbonyl (C=O) groups excluding carboxylic acids is 1. The molecule has 5 atom stereocenters. The Labute approximate surface area is 154 Å². The van der Waals surface area contributed by atoms with Crippen molar-refractivity contribution in [3.05, 3.63) is 39.9 Å². The molecule has 5 nitrogen and oxygen atoms in total. The van der Waals surface area contributed by atoms with Gasteiger partial charge in [-0.2, -0.15) is 0 Å². The molecule has 3 fully saturated rings. The maximum Gasteiger partial charge on any atom is 0.338 e. The topological polar surface area (TPSA) is 69.4 Å². The lowest BCUT2D eigenvalue weighted by molar-refractivity contribution is -0.384. The maximum absolute atomic E-state index is 12.7. The van der Waals surface area contributed by atoms with Crippen LogP contribution in [0.25, 0.3) is 0 Å². The number of benzene rings is 1. The average Bonchev–Trinajstić information content (AvgIpc) is 3.09. The highest BCUT2D eigenvalue weighted by atomic mass is 16.6. The van der Waals surface area contributed by atoms with Gasteiger partial charge in [-0.25, -0.2) is 4.79 Å². The fraction of sp³-hybridized carbons (Fsp3) is 0.667.